The molecule has 1 aromatic rings. The zero-order chi connectivity index (χ0) is 14.4. The van der Waals surface area contributed by atoms with Crippen molar-refractivity contribution in [2.24, 2.45) is 5.41 Å². The van der Waals surface area contributed by atoms with Gasteiger partial charge in [0, 0.05) is 30.7 Å². The molecule has 0 spiro atoms. The Kier molecular flexibility index (Phi) is 5.49. The average Bonchev–Trinajstić information content (AvgIpc) is 2.48. The first-order valence-electron chi connectivity index (χ1n) is 7.34. The molecule has 0 amide bonds. The van der Waals surface area contributed by atoms with Gasteiger partial charge in [0.25, 0.3) is 6.43 Å². The van der Waals surface area contributed by atoms with Gasteiger partial charge in [0.1, 0.15) is 0 Å². The van der Waals surface area contributed by atoms with Crippen LogP contribution in [-0.2, 0) is 6.54 Å². The molecule has 0 bridgehead atoms. The molecule has 1 aromatic carbocycles. The van der Waals surface area contributed by atoms with E-state index in [-0.39, 0.29) is 17.6 Å². The summed E-state index contributed by atoms with van der Waals surface area (Å²) in [5, 5.41) is 12.9. The summed E-state index contributed by atoms with van der Waals surface area (Å²) < 4.78 is 25.2. The highest BCUT2D eigenvalue weighted by Gasteiger charge is 2.30. The van der Waals surface area contributed by atoms with Crippen LogP contribution < -0.4 is 5.32 Å². The Hall–Kier alpha value is -1.00. The third-order valence-corrected chi connectivity index (χ3v) is 4.28. The van der Waals surface area contributed by atoms with Gasteiger partial charge in [-0.1, -0.05) is 37.5 Å². The molecule has 0 heterocycles. The van der Waals surface area contributed by atoms with Crippen molar-refractivity contribution >= 4 is 0 Å². The predicted octanol–water partition coefficient (Wildman–Crippen LogP) is 3.66. The fraction of sp³-hybridized carbons (Fsp3) is 0.625. The molecule has 0 aliphatic heterocycles. The molecule has 1 fully saturated rings. The van der Waals surface area contributed by atoms with Gasteiger partial charge < -0.3 is 10.4 Å². The summed E-state index contributed by atoms with van der Waals surface area (Å²) in [5.74, 6) is 0. The Balaban J connectivity index is 1.87. The molecule has 0 saturated heterocycles. The van der Waals surface area contributed by atoms with E-state index in [2.05, 4.69) is 5.32 Å². The van der Waals surface area contributed by atoms with Crippen LogP contribution in [0.15, 0.2) is 24.3 Å². The van der Waals surface area contributed by atoms with Crippen molar-refractivity contribution in [1.29, 1.82) is 0 Å². The molecule has 0 unspecified atom stereocenters. The van der Waals surface area contributed by atoms with Gasteiger partial charge in [0.05, 0.1) is 0 Å². The van der Waals surface area contributed by atoms with Crippen molar-refractivity contribution in [1.82, 2.24) is 5.32 Å². The average molecular weight is 283 g/mol. The fourth-order valence-electron chi connectivity index (χ4n) is 3.00. The monoisotopic (exact) mass is 283 g/mol. The second-order valence-electron chi connectivity index (χ2n) is 5.87. The van der Waals surface area contributed by atoms with Crippen molar-refractivity contribution in [3.8, 4) is 0 Å². The van der Waals surface area contributed by atoms with Gasteiger partial charge in [0.15, 0.2) is 0 Å². The van der Waals surface area contributed by atoms with Gasteiger partial charge in [-0.05, 0) is 24.5 Å². The zero-order valence-electron chi connectivity index (χ0n) is 11.7. The molecule has 2 nitrogen and oxygen atoms in total. The highest BCUT2D eigenvalue weighted by atomic mass is 19.3. The molecule has 1 aliphatic rings. The van der Waals surface area contributed by atoms with Crippen LogP contribution in [0.5, 0.6) is 0 Å². The summed E-state index contributed by atoms with van der Waals surface area (Å²) in [7, 11) is 0. The van der Waals surface area contributed by atoms with Gasteiger partial charge >= 0.3 is 0 Å². The van der Waals surface area contributed by atoms with Gasteiger partial charge in [-0.3, -0.25) is 0 Å². The first-order chi connectivity index (χ1) is 9.65. The minimum Gasteiger partial charge on any atom is -0.396 e. The van der Waals surface area contributed by atoms with Crippen LogP contribution in [0.25, 0.3) is 0 Å². The Bertz CT molecular complexity index is 417. The molecule has 0 atom stereocenters. The van der Waals surface area contributed by atoms with E-state index in [4.69, 9.17) is 0 Å². The number of hydrogen-bond acceptors (Lipinski definition) is 2. The molecular weight excluding hydrogens is 260 g/mol. The third kappa shape index (κ3) is 4.00. The van der Waals surface area contributed by atoms with Crippen LogP contribution in [-0.4, -0.2) is 18.3 Å². The lowest BCUT2D eigenvalue weighted by Gasteiger charge is -2.35. The van der Waals surface area contributed by atoms with Gasteiger partial charge in [0.2, 0.25) is 0 Å². The fourth-order valence-corrected chi connectivity index (χ4v) is 3.00. The number of aliphatic hydroxyl groups is 1. The highest BCUT2D eigenvalue weighted by Crippen LogP contribution is 2.35. The molecule has 2 rings (SSSR count). The summed E-state index contributed by atoms with van der Waals surface area (Å²) in [5.41, 5.74) is 0.920. The molecule has 112 valence electrons. The van der Waals surface area contributed by atoms with Crippen molar-refractivity contribution in [3.63, 3.8) is 0 Å². The van der Waals surface area contributed by atoms with Crippen molar-refractivity contribution < 1.29 is 13.9 Å². The summed E-state index contributed by atoms with van der Waals surface area (Å²) >= 11 is 0. The second-order valence-corrected chi connectivity index (χ2v) is 5.87. The van der Waals surface area contributed by atoms with Crippen LogP contribution in [0.1, 0.15) is 49.7 Å². The van der Waals surface area contributed by atoms with E-state index in [1.54, 1.807) is 12.1 Å². The minimum atomic E-state index is -2.42. The second kappa shape index (κ2) is 7.14. The van der Waals surface area contributed by atoms with Crippen LogP contribution in [0.4, 0.5) is 8.78 Å². The number of hydrogen-bond donors (Lipinski definition) is 2. The summed E-state index contributed by atoms with van der Waals surface area (Å²) in [4.78, 5) is 0. The SMILES string of the molecule is OCC1(CNCc2cccc(C(F)F)c2)CCCCC1. The maximum absolute atomic E-state index is 12.6. The van der Waals surface area contributed by atoms with Crippen molar-refractivity contribution in [2.45, 2.75) is 45.1 Å². The summed E-state index contributed by atoms with van der Waals surface area (Å²) in [6, 6.07) is 6.51. The molecule has 0 aromatic heterocycles. The Labute approximate surface area is 119 Å². The third-order valence-electron chi connectivity index (χ3n) is 4.28. The van der Waals surface area contributed by atoms with Gasteiger partial charge in [-0.25, -0.2) is 8.78 Å². The standard InChI is InChI=1S/C16H23F2NO/c17-15(18)14-6-4-5-13(9-14)10-19-11-16(12-20)7-2-1-3-8-16/h4-6,9,15,19-20H,1-3,7-8,10-12H2. The number of halogens is 2. The van der Waals surface area contributed by atoms with Crippen molar-refractivity contribution in [2.75, 3.05) is 13.2 Å². The van der Waals surface area contributed by atoms with E-state index < -0.39 is 6.43 Å². The quantitative estimate of drug-likeness (QED) is 0.835. The lowest BCUT2D eigenvalue weighted by Crippen LogP contribution is -2.38. The molecule has 0 radical (unpaired) electrons. The molecule has 1 aliphatic carbocycles. The highest BCUT2D eigenvalue weighted by molar-refractivity contribution is 5.24. The normalized spacial score (nSPS) is 18.4. The lowest BCUT2D eigenvalue weighted by molar-refractivity contribution is 0.0810. The van der Waals surface area contributed by atoms with Crippen LogP contribution >= 0.6 is 0 Å². The van der Waals surface area contributed by atoms with E-state index >= 15 is 0 Å². The van der Waals surface area contributed by atoms with Gasteiger partial charge in [-0.15, -0.1) is 0 Å². The number of nitrogens with one attached hydrogen (secondary N) is 1. The topological polar surface area (TPSA) is 32.3 Å². The molecule has 20 heavy (non-hydrogen) atoms. The van der Waals surface area contributed by atoms with Crippen molar-refractivity contribution in [3.05, 3.63) is 35.4 Å². The number of alkyl halides is 2. The first-order valence-corrected chi connectivity index (χ1v) is 7.34. The zero-order valence-corrected chi connectivity index (χ0v) is 11.7. The maximum Gasteiger partial charge on any atom is 0.263 e. The minimum absolute atomic E-state index is 0.0153. The largest absolute Gasteiger partial charge is 0.396 e. The van der Waals surface area contributed by atoms with Gasteiger partial charge in [-0.2, -0.15) is 0 Å². The molecule has 4 heteroatoms. The predicted molar refractivity (Wildman–Crippen MR) is 75.7 cm³/mol. The van der Waals surface area contributed by atoms with E-state index in [0.29, 0.717) is 6.54 Å². The molecule has 2 N–H and O–H groups in total. The molecule has 1 saturated carbocycles. The van der Waals surface area contributed by atoms with E-state index in [1.165, 1.54) is 25.3 Å². The summed E-state index contributed by atoms with van der Waals surface area (Å²) in [6.45, 7) is 1.53. The summed E-state index contributed by atoms with van der Waals surface area (Å²) in [6.07, 6.45) is 3.27. The first kappa shape index (κ1) is 15.4. The van der Waals surface area contributed by atoms with Crippen LogP contribution in [0.3, 0.4) is 0 Å². The Morgan fingerprint density at radius 1 is 1.20 bits per heavy atom. The Morgan fingerprint density at radius 2 is 1.95 bits per heavy atom. The maximum atomic E-state index is 12.6. The van der Waals surface area contributed by atoms with E-state index in [0.717, 1.165) is 24.9 Å². The molecular formula is C16H23F2NO. The number of benzene rings is 1. The Morgan fingerprint density at radius 3 is 2.60 bits per heavy atom. The lowest BCUT2D eigenvalue weighted by atomic mass is 9.74. The van der Waals surface area contributed by atoms with Crippen LogP contribution in [0, 0.1) is 5.41 Å². The van der Waals surface area contributed by atoms with E-state index in [9.17, 15) is 13.9 Å². The number of aliphatic hydroxyl groups excluding tert-OH is 1. The smallest absolute Gasteiger partial charge is 0.263 e. The van der Waals surface area contributed by atoms with Crippen LogP contribution in [0.2, 0.25) is 0 Å². The number of rotatable bonds is 6. The van der Waals surface area contributed by atoms with E-state index in [1.807, 2.05) is 6.07 Å².